The van der Waals surface area contributed by atoms with Gasteiger partial charge in [-0.1, -0.05) is 18.2 Å². The van der Waals surface area contributed by atoms with E-state index in [4.69, 9.17) is 4.74 Å². The lowest BCUT2D eigenvalue weighted by Gasteiger charge is -2.23. The van der Waals surface area contributed by atoms with Crippen molar-refractivity contribution in [2.45, 2.75) is 20.0 Å². The molecule has 1 atom stereocenters. The van der Waals surface area contributed by atoms with Crippen LogP contribution in [0.25, 0.3) is 0 Å². The standard InChI is InChI=1S/C12H15NO2/c1-8-3-4-10(5-9(8)2)11-6-13-12(14)7-15-11/h3-5,11H,6-7H2,1-2H3,(H,13,14)/t11-/m0/s1. The van der Waals surface area contributed by atoms with Gasteiger partial charge in [-0.2, -0.15) is 0 Å². The highest BCUT2D eigenvalue weighted by molar-refractivity contribution is 5.77. The first-order chi connectivity index (χ1) is 7.16. The number of carbonyl (C=O) groups excluding carboxylic acids is 1. The van der Waals surface area contributed by atoms with Crippen LogP contribution in [-0.4, -0.2) is 19.1 Å². The minimum Gasteiger partial charge on any atom is -0.362 e. The number of nitrogens with one attached hydrogen (secondary N) is 1. The van der Waals surface area contributed by atoms with E-state index in [2.05, 4.69) is 37.4 Å². The van der Waals surface area contributed by atoms with Crippen LogP contribution < -0.4 is 5.32 Å². The number of benzene rings is 1. The highest BCUT2D eigenvalue weighted by Gasteiger charge is 2.19. The highest BCUT2D eigenvalue weighted by atomic mass is 16.5. The van der Waals surface area contributed by atoms with Crippen LogP contribution in [0.1, 0.15) is 22.8 Å². The van der Waals surface area contributed by atoms with E-state index < -0.39 is 0 Å². The summed E-state index contributed by atoms with van der Waals surface area (Å²) in [6, 6.07) is 6.27. The first kappa shape index (κ1) is 10.2. The fourth-order valence-electron chi connectivity index (χ4n) is 1.67. The summed E-state index contributed by atoms with van der Waals surface area (Å²) in [5, 5.41) is 2.80. The molecule has 3 heteroatoms. The number of ether oxygens (including phenoxy) is 1. The molecule has 1 amide bonds. The van der Waals surface area contributed by atoms with E-state index in [1.54, 1.807) is 0 Å². The van der Waals surface area contributed by atoms with E-state index >= 15 is 0 Å². The van der Waals surface area contributed by atoms with Crippen LogP contribution in [0, 0.1) is 13.8 Å². The normalized spacial score (nSPS) is 21.2. The molecule has 3 nitrogen and oxygen atoms in total. The molecule has 1 saturated heterocycles. The number of aryl methyl sites for hydroxylation is 2. The molecule has 15 heavy (non-hydrogen) atoms. The van der Waals surface area contributed by atoms with Gasteiger partial charge in [0.15, 0.2) is 0 Å². The summed E-state index contributed by atoms with van der Waals surface area (Å²) >= 11 is 0. The molecule has 1 heterocycles. The SMILES string of the molecule is Cc1ccc([C@@H]2CNC(=O)CO2)cc1C. The highest BCUT2D eigenvalue weighted by Crippen LogP contribution is 2.21. The van der Waals surface area contributed by atoms with Gasteiger partial charge in [0, 0.05) is 6.54 Å². The van der Waals surface area contributed by atoms with Crippen LogP contribution >= 0.6 is 0 Å². The van der Waals surface area contributed by atoms with Gasteiger partial charge in [0.1, 0.15) is 12.7 Å². The molecule has 0 unspecified atom stereocenters. The summed E-state index contributed by atoms with van der Waals surface area (Å²) in [4.78, 5) is 10.9. The molecular formula is C12H15NO2. The predicted molar refractivity (Wildman–Crippen MR) is 57.6 cm³/mol. The Hall–Kier alpha value is -1.35. The van der Waals surface area contributed by atoms with Gasteiger partial charge in [-0.05, 0) is 30.5 Å². The van der Waals surface area contributed by atoms with Crippen LogP contribution in [0.3, 0.4) is 0 Å². The van der Waals surface area contributed by atoms with Crippen molar-refractivity contribution in [1.82, 2.24) is 5.32 Å². The largest absolute Gasteiger partial charge is 0.362 e. The maximum Gasteiger partial charge on any atom is 0.246 e. The second-order valence-electron chi connectivity index (χ2n) is 3.95. The van der Waals surface area contributed by atoms with E-state index in [1.165, 1.54) is 11.1 Å². The van der Waals surface area contributed by atoms with E-state index in [1.807, 2.05) is 0 Å². The van der Waals surface area contributed by atoms with Crippen molar-refractivity contribution in [3.8, 4) is 0 Å². The molecule has 80 valence electrons. The van der Waals surface area contributed by atoms with Gasteiger partial charge in [0.05, 0.1) is 0 Å². The van der Waals surface area contributed by atoms with Gasteiger partial charge < -0.3 is 10.1 Å². The lowest BCUT2D eigenvalue weighted by Crippen LogP contribution is -2.38. The number of hydrogen-bond donors (Lipinski definition) is 1. The number of carbonyl (C=O) groups is 1. The maximum absolute atomic E-state index is 10.9. The molecule has 0 bridgehead atoms. The van der Waals surface area contributed by atoms with Gasteiger partial charge >= 0.3 is 0 Å². The van der Waals surface area contributed by atoms with Crippen LogP contribution in [0.2, 0.25) is 0 Å². The predicted octanol–water partition coefficient (Wildman–Crippen LogP) is 1.49. The molecule has 0 radical (unpaired) electrons. The van der Waals surface area contributed by atoms with E-state index in [0.29, 0.717) is 6.54 Å². The third-order valence-corrected chi connectivity index (χ3v) is 2.80. The van der Waals surface area contributed by atoms with Gasteiger partial charge in [0.2, 0.25) is 5.91 Å². The minimum atomic E-state index is -0.0323. The second-order valence-corrected chi connectivity index (χ2v) is 3.95. The van der Waals surface area contributed by atoms with Crippen LogP contribution in [0.5, 0.6) is 0 Å². The zero-order valence-electron chi connectivity index (χ0n) is 9.04. The average molecular weight is 205 g/mol. The van der Waals surface area contributed by atoms with E-state index in [9.17, 15) is 4.79 Å². The number of hydrogen-bond acceptors (Lipinski definition) is 2. The smallest absolute Gasteiger partial charge is 0.246 e. The maximum atomic E-state index is 10.9. The Morgan fingerprint density at radius 2 is 2.13 bits per heavy atom. The van der Waals surface area contributed by atoms with Crippen molar-refractivity contribution in [1.29, 1.82) is 0 Å². The Morgan fingerprint density at radius 3 is 2.73 bits per heavy atom. The summed E-state index contributed by atoms with van der Waals surface area (Å²) in [6.07, 6.45) is 0.00185. The molecule has 0 aromatic heterocycles. The quantitative estimate of drug-likeness (QED) is 0.754. The zero-order valence-corrected chi connectivity index (χ0v) is 9.04. The second kappa shape index (κ2) is 4.03. The average Bonchev–Trinajstić information content (AvgIpc) is 2.23. The third kappa shape index (κ3) is 2.18. The van der Waals surface area contributed by atoms with Crippen LogP contribution in [0.15, 0.2) is 18.2 Å². The number of amides is 1. The Labute approximate surface area is 89.4 Å². The first-order valence-electron chi connectivity index (χ1n) is 5.12. The van der Waals surface area contributed by atoms with Crippen molar-refractivity contribution < 1.29 is 9.53 Å². The Balaban J connectivity index is 2.16. The minimum absolute atomic E-state index is 0.00185. The summed E-state index contributed by atoms with van der Waals surface area (Å²) in [7, 11) is 0. The Morgan fingerprint density at radius 1 is 1.33 bits per heavy atom. The summed E-state index contributed by atoms with van der Waals surface area (Å²) in [6.45, 7) is 4.90. The van der Waals surface area contributed by atoms with E-state index in [-0.39, 0.29) is 18.6 Å². The Kier molecular flexibility index (Phi) is 2.73. The monoisotopic (exact) mass is 205 g/mol. The molecule has 2 rings (SSSR count). The van der Waals surface area contributed by atoms with Crippen molar-refractivity contribution in [2.75, 3.05) is 13.2 Å². The van der Waals surface area contributed by atoms with Crippen LogP contribution in [0.4, 0.5) is 0 Å². The Bertz CT molecular complexity index is 377. The molecular weight excluding hydrogens is 190 g/mol. The third-order valence-electron chi connectivity index (χ3n) is 2.80. The van der Waals surface area contributed by atoms with Crippen molar-refractivity contribution in [3.05, 3.63) is 34.9 Å². The van der Waals surface area contributed by atoms with E-state index in [0.717, 1.165) is 5.56 Å². The van der Waals surface area contributed by atoms with Gasteiger partial charge in [0.25, 0.3) is 0 Å². The summed E-state index contributed by atoms with van der Waals surface area (Å²) < 4.78 is 5.46. The fraction of sp³-hybridized carbons (Fsp3) is 0.417. The topological polar surface area (TPSA) is 38.3 Å². The molecule has 1 aliphatic rings. The van der Waals surface area contributed by atoms with Crippen molar-refractivity contribution in [3.63, 3.8) is 0 Å². The lowest BCUT2D eigenvalue weighted by atomic mass is 10.0. The molecule has 0 aliphatic carbocycles. The lowest BCUT2D eigenvalue weighted by molar-refractivity contribution is -0.133. The van der Waals surface area contributed by atoms with Crippen LogP contribution in [-0.2, 0) is 9.53 Å². The summed E-state index contributed by atoms with van der Waals surface area (Å²) in [5.74, 6) is -0.0323. The van der Waals surface area contributed by atoms with Gasteiger partial charge in [-0.25, -0.2) is 0 Å². The van der Waals surface area contributed by atoms with Gasteiger partial charge in [-0.3, -0.25) is 4.79 Å². The van der Waals surface area contributed by atoms with Crippen molar-refractivity contribution in [2.24, 2.45) is 0 Å². The molecule has 1 N–H and O–H groups in total. The molecule has 1 aromatic rings. The molecule has 0 spiro atoms. The number of rotatable bonds is 1. The molecule has 1 fully saturated rings. The molecule has 1 aromatic carbocycles. The molecule has 1 aliphatic heterocycles. The first-order valence-corrected chi connectivity index (χ1v) is 5.12. The summed E-state index contributed by atoms with van der Waals surface area (Å²) in [5.41, 5.74) is 3.67. The zero-order chi connectivity index (χ0) is 10.8. The number of morpholine rings is 1. The van der Waals surface area contributed by atoms with Gasteiger partial charge in [-0.15, -0.1) is 0 Å². The molecule has 0 saturated carbocycles. The fourth-order valence-corrected chi connectivity index (χ4v) is 1.67. The van der Waals surface area contributed by atoms with Crippen molar-refractivity contribution >= 4 is 5.91 Å².